The number of nitrogens with one attached hydrogen (secondary N) is 1. The lowest BCUT2D eigenvalue weighted by atomic mass is 10.1. The molecule has 14 heavy (non-hydrogen) atoms. The zero-order valence-electron chi connectivity index (χ0n) is 7.37. The van der Waals surface area contributed by atoms with E-state index in [4.69, 9.17) is 5.73 Å². The molecule has 3 N–H and O–H groups in total. The fourth-order valence-electron chi connectivity index (χ4n) is 1.70. The summed E-state index contributed by atoms with van der Waals surface area (Å²) < 4.78 is 0. The Bertz CT molecular complexity index is 560. The van der Waals surface area contributed by atoms with E-state index in [1.807, 2.05) is 24.3 Å². The molecule has 3 rings (SSSR count). The Morgan fingerprint density at radius 1 is 1.21 bits per heavy atom. The summed E-state index contributed by atoms with van der Waals surface area (Å²) in [7, 11) is 0. The molecule has 0 radical (unpaired) electrons. The first-order valence-electron chi connectivity index (χ1n) is 4.39. The molecular weight excluding hydrogens is 176 g/mol. The zero-order chi connectivity index (χ0) is 9.71. The van der Waals surface area contributed by atoms with E-state index in [1.165, 1.54) is 11.4 Å². The largest absolute Gasteiger partial charge is 0.366 e. The smallest absolute Gasteiger partial charge is 0.248 e. The van der Waals surface area contributed by atoms with Crippen LogP contribution in [-0.4, -0.2) is 5.91 Å². The molecule has 1 aliphatic heterocycles. The summed E-state index contributed by atoms with van der Waals surface area (Å²) in [5.41, 5.74) is 8.09. The molecule has 1 amide bonds. The minimum absolute atomic E-state index is 0.385. The van der Waals surface area contributed by atoms with E-state index >= 15 is 0 Å². The van der Waals surface area contributed by atoms with Crippen molar-refractivity contribution in [2.45, 2.75) is 0 Å². The van der Waals surface area contributed by atoms with Gasteiger partial charge in [0, 0.05) is 10.9 Å². The second kappa shape index (κ2) is 2.26. The number of primary amides is 1. The van der Waals surface area contributed by atoms with E-state index in [2.05, 4.69) is 5.32 Å². The SMILES string of the molecule is NC(=O)c1ccc2c3c(ccc2c1)N3. The summed E-state index contributed by atoms with van der Waals surface area (Å²) >= 11 is 0. The van der Waals surface area contributed by atoms with Crippen LogP contribution in [0.15, 0.2) is 30.3 Å². The van der Waals surface area contributed by atoms with Gasteiger partial charge in [-0.15, -0.1) is 0 Å². The van der Waals surface area contributed by atoms with Crippen LogP contribution in [-0.2, 0) is 0 Å². The number of nitrogens with two attached hydrogens (primary N) is 1. The lowest BCUT2D eigenvalue weighted by Gasteiger charge is -1.97. The first-order chi connectivity index (χ1) is 6.75. The van der Waals surface area contributed by atoms with Crippen LogP contribution < -0.4 is 11.1 Å². The molecule has 0 aliphatic carbocycles. The number of carbonyl (C=O) groups excluding carboxylic acids is 1. The summed E-state index contributed by atoms with van der Waals surface area (Å²) in [4.78, 5) is 10.9. The van der Waals surface area contributed by atoms with Gasteiger partial charge in [0.2, 0.25) is 5.91 Å². The molecule has 3 nitrogen and oxygen atoms in total. The van der Waals surface area contributed by atoms with Crippen molar-refractivity contribution < 1.29 is 4.79 Å². The van der Waals surface area contributed by atoms with Crippen molar-refractivity contribution in [2.75, 3.05) is 5.32 Å². The minimum Gasteiger partial charge on any atom is -0.366 e. The first-order valence-corrected chi connectivity index (χ1v) is 4.39. The third-order valence-electron chi connectivity index (χ3n) is 2.50. The number of benzene rings is 2. The zero-order valence-corrected chi connectivity index (χ0v) is 7.37. The fraction of sp³-hybridized carbons (Fsp3) is 0. The van der Waals surface area contributed by atoms with E-state index < -0.39 is 0 Å². The van der Waals surface area contributed by atoms with Crippen LogP contribution in [0.5, 0.6) is 0 Å². The third kappa shape index (κ3) is 0.893. The maximum atomic E-state index is 10.9. The van der Waals surface area contributed by atoms with Crippen molar-refractivity contribution in [2.24, 2.45) is 5.73 Å². The van der Waals surface area contributed by atoms with E-state index in [-0.39, 0.29) is 5.91 Å². The Balaban J connectivity index is 2.31. The van der Waals surface area contributed by atoms with Crippen LogP contribution in [0.3, 0.4) is 0 Å². The van der Waals surface area contributed by atoms with Gasteiger partial charge >= 0.3 is 0 Å². The van der Waals surface area contributed by atoms with Crippen molar-refractivity contribution in [3.8, 4) is 0 Å². The molecule has 68 valence electrons. The average Bonchev–Trinajstić information content (AvgIpc) is 2.95. The van der Waals surface area contributed by atoms with Gasteiger partial charge in [0.15, 0.2) is 0 Å². The molecule has 3 heteroatoms. The lowest BCUT2D eigenvalue weighted by molar-refractivity contribution is 0.100. The maximum absolute atomic E-state index is 10.9. The van der Waals surface area contributed by atoms with Crippen LogP contribution in [0.25, 0.3) is 10.8 Å². The number of hydrogen-bond donors (Lipinski definition) is 2. The Labute approximate surface area is 80.5 Å². The molecule has 2 aromatic rings. The predicted molar refractivity (Wildman–Crippen MR) is 55.7 cm³/mol. The van der Waals surface area contributed by atoms with Crippen LogP contribution in [0.2, 0.25) is 0 Å². The Kier molecular flexibility index (Phi) is 1.19. The van der Waals surface area contributed by atoms with Gasteiger partial charge in [0.25, 0.3) is 0 Å². The molecule has 1 heterocycles. The maximum Gasteiger partial charge on any atom is 0.248 e. The monoisotopic (exact) mass is 184 g/mol. The minimum atomic E-state index is -0.385. The van der Waals surface area contributed by atoms with Gasteiger partial charge in [0.05, 0.1) is 11.4 Å². The third-order valence-corrected chi connectivity index (χ3v) is 2.50. The molecule has 0 saturated heterocycles. The van der Waals surface area contributed by atoms with Crippen molar-refractivity contribution in [3.63, 3.8) is 0 Å². The number of hydrogen-bond acceptors (Lipinski definition) is 2. The van der Waals surface area contributed by atoms with Crippen molar-refractivity contribution >= 4 is 28.1 Å². The summed E-state index contributed by atoms with van der Waals surface area (Å²) in [6, 6.07) is 9.49. The van der Waals surface area contributed by atoms with Gasteiger partial charge in [-0.05, 0) is 23.6 Å². The van der Waals surface area contributed by atoms with Gasteiger partial charge in [0.1, 0.15) is 0 Å². The summed E-state index contributed by atoms with van der Waals surface area (Å²) in [5, 5.41) is 5.36. The number of carbonyl (C=O) groups is 1. The van der Waals surface area contributed by atoms with Crippen LogP contribution >= 0.6 is 0 Å². The van der Waals surface area contributed by atoms with Crippen molar-refractivity contribution in [1.29, 1.82) is 0 Å². The van der Waals surface area contributed by atoms with Crippen LogP contribution in [0.1, 0.15) is 10.4 Å². The van der Waals surface area contributed by atoms with Gasteiger partial charge in [-0.25, -0.2) is 0 Å². The average molecular weight is 184 g/mol. The molecule has 2 aromatic carbocycles. The highest BCUT2D eigenvalue weighted by Crippen LogP contribution is 2.44. The molecule has 0 fully saturated rings. The van der Waals surface area contributed by atoms with E-state index in [1.54, 1.807) is 6.07 Å². The highest BCUT2D eigenvalue weighted by atomic mass is 16.1. The fourth-order valence-corrected chi connectivity index (χ4v) is 1.70. The number of anilines is 2. The molecule has 0 unspecified atom stereocenters. The Hall–Kier alpha value is -2.03. The molecule has 0 atom stereocenters. The number of rotatable bonds is 1. The Morgan fingerprint density at radius 2 is 2.07 bits per heavy atom. The van der Waals surface area contributed by atoms with E-state index in [9.17, 15) is 4.79 Å². The standard InChI is InChI=1S/C11H8N2O/c12-11(14)7-1-3-8-6(5-7)2-4-9-10(8)13-9/h1-5,13H,(H2,12,14). The second-order valence-corrected chi connectivity index (χ2v) is 3.41. The molecule has 0 saturated carbocycles. The van der Waals surface area contributed by atoms with Crippen molar-refractivity contribution in [1.82, 2.24) is 0 Å². The summed E-state index contributed by atoms with van der Waals surface area (Å²) in [6.07, 6.45) is 0. The predicted octanol–water partition coefficient (Wildman–Crippen LogP) is 2.00. The van der Waals surface area contributed by atoms with Gasteiger partial charge in [-0.1, -0.05) is 12.1 Å². The first kappa shape index (κ1) is 7.38. The highest BCUT2D eigenvalue weighted by Gasteiger charge is 2.18. The number of fused-ring (bicyclic) bond motifs is 3. The van der Waals surface area contributed by atoms with E-state index in [0.29, 0.717) is 5.56 Å². The van der Waals surface area contributed by atoms with E-state index in [0.717, 1.165) is 10.8 Å². The van der Waals surface area contributed by atoms with Crippen molar-refractivity contribution in [3.05, 3.63) is 35.9 Å². The topological polar surface area (TPSA) is 65.0 Å². The van der Waals surface area contributed by atoms with Gasteiger partial charge < -0.3 is 11.1 Å². The second-order valence-electron chi connectivity index (χ2n) is 3.41. The van der Waals surface area contributed by atoms with Crippen LogP contribution in [0.4, 0.5) is 11.4 Å². The molecular formula is C11H8N2O. The summed E-state index contributed by atoms with van der Waals surface area (Å²) in [6.45, 7) is 0. The quantitative estimate of drug-likeness (QED) is 0.568. The van der Waals surface area contributed by atoms with Gasteiger partial charge in [-0.3, -0.25) is 4.79 Å². The normalized spacial score (nSPS) is 12.0. The Morgan fingerprint density at radius 3 is 2.86 bits per heavy atom. The van der Waals surface area contributed by atoms with Gasteiger partial charge in [-0.2, -0.15) is 0 Å². The molecule has 0 bridgehead atoms. The number of amides is 1. The molecule has 1 aliphatic rings. The van der Waals surface area contributed by atoms with Crippen LogP contribution in [0, 0.1) is 0 Å². The lowest BCUT2D eigenvalue weighted by Crippen LogP contribution is -2.10. The summed E-state index contributed by atoms with van der Waals surface area (Å²) in [5.74, 6) is -0.385. The molecule has 0 spiro atoms. The molecule has 0 aromatic heterocycles. The highest BCUT2D eigenvalue weighted by molar-refractivity contribution is 6.12.